The molecule has 0 bridgehead atoms. The molecule has 8 heteroatoms. The average Bonchev–Trinajstić information content (AvgIpc) is 2.98. The van der Waals surface area contributed by atoms with Gasteiger partial charge in [0.2, 0.25) is 0 Å². The first kappa shape index (κ1) is 32.1. The molecule has 0 spiro atoms. The van der Waals surface area contributed by atoms with E-state index < -0.39 is 12.3 Å². The van der Waals surface area contributed by atoms with Crippen molar-refractivity contribution in [3.63, 3.8) is 0 Å². The van der Waals surface area contributed by atoms with Crippen LogP contribution in [0.3, 0.4) is 0 Å². The first-order chi connectivity index (χ1) is 19.8. The molecule has 0 fully saturated rings. The molecule has 1 atom stereocenters. The average molecular weight is 572 g/mol. The number of pyridine rings is 1. The molecule has 0 saturated heterocycles. The van der Waals surface area contributed by atoms with Crippen LogP contribution >= 0.6 is 0 Å². The maximum atomic E-state index is 12.4. The van der Waals surface area contributed by atoms with Crippen LogP contribution in [0.1, 0.15) is 75.6 Å². The fourth-order valence-electron chi connectivity index (χ4n) is 4.14. The van der Waals surface area contributed by atoms with Crippen LogP contribution in [0.15, 0.2) is 66.9 Å². The number of hydrogen-bond donors (Lipinski definition) is 0. The monoisotopic (exact) mass is 571 g/mol. The highest BCUT2D eigenvalue weighted by Crippen LogP contribution is 2.25. The molecule has 2 aromatic carbocycles. The van der Waals surface area contributed by atoms with E-state index in [9.17, 15) is 18.0 Å². The molecular formula is C33H40F3NO4. The predicted octanol–water partition coefficient (Wildman–Crippen LogP) is 9.06. The number of esters is 1. The van der Waals surface area contributed by atoms with Gasteiger partial charge in [-0.3, -0.25) is 4.98 Å². The summed E-state index contributed by atoms with van der Waals surface area (Å²) in [6.07, 6.45) is 2.92. The van der Waals surface area contributed by atoms with Gasteiger partial charge in [-0.2, -0.15) is 13.2 Å². The molecule has 1 heterocycles. The minimum Gasteiger partial charge on any atom is -0.494 e. The summed E-state index contributed by atoms with van der Waals surface area (Å²) in [7, 11) is 0. The van der Waals surface area contributed by atoms with E-state index in [2.05, 4.69) is 11.9 Å². The largest absolute Gasteiger partial charge is 0.494 e. The van der Waals surface area contributed by atoms with Gasteiger partial charge in [0, 0.05) is 23.9 Å². The summed E-state index contributed by atoms with van der Waals surface area (Å²) in [6.45, 7) is 4.32. The summed E-state index contributed by atoms with van der Waals surface area (Å²) < 4.78 is 53.1. The van der Waals surface area contributed by atoms with Gasteiger partial charge >= 0.3 is 12.1 Å². The Morgan fingerprint density at radius 1 is 0.756 bits per heavy atom. The Kier molecular flexibility index (Phi) is 13.1. The number of halogens is 3. The zero-order valence-electron chi connectivity index (χ0n) is 23.9. The molecule has 5 nitrogen and oxygen atoms in total. The van der Waals surface area contributed by atoms with E-state index >= 15 is 0 Å². The van der Waals surface area contributed by atoms with Gasteiger partial charge in [-0.05, 0) is 62.1 Å². The lowest BCUT2D eigenvalue weighted by molar-refractivity contribution is -0.214. The standard InChI is InChI=1S/C33H40F3NO4/c1-3-4-8-22-40-30-18-15-26(16-19-30)29-17-20-31(37-24-29)27-11-13-28(14-12-27)32(38)41-23-10-7-5-6-9-21-39-25(2)33(34,35)36/h11-20,24-25H,3-10,21-23H2,1-2H3. The molecule has 0 aliphatic rings. The fraction of sp³-hybridized carbons (Fsp3) is 0.455. The second-order valence-electron chi connectivity index (χ2n) is 10.0. The van der Waals surface area contributed by atoms with Crippen molar-refractivity contribution in [3.8, 4) is 28.1 Å². The van der Waals surface area contributed by atoms with Gasteiger partial charge in [-0.25, -0.2) is 4.79 Å². The van der Waals surface area contributed by atoms with Crippen molar-refractivity contribution >= 4 is 5.97 Å². The van der Waals surface area contributed by atoms with Crippen molar-refractivity contribution in [2.75, 3.05) is 19.8 Å². The second kappa shape index (κ2) is 16.8. The Balaban J connectivity index is 1.36. The van der Waals surface area contributed by atoms with Crippen molar-refractivity contribution in [3.05, 3.63) is 72.4 Å². The molecule has 41 heavy (non-hydrogen) atoms. The molecule has 222 valence electrons. The Labute approximate surface area is 241 Å². The van der Waals surface area contributed by atoms with E-state index in [4.69, 9.17) is 14.2 Å². The Hall–Kier alpha value is -3.39. The smallest absolute Gasteiger partial charge is 0.414 e. The lowest BCUT2D eigenvalue weighted by Crippen LogP contribution is -2.28. The number of carbonyl (C=O) groups excluding carboxylic acids is 1. The van der Waals surface area contributed by atoms with Crippen molar-refractivity contribution in [1.29, 1.82) is 0 Å². The van der Waals surface area contributed by atoms with Gasteiger partial charge in [0.25, 0.3) is 0 Å². The van der Waals surface area contributed by atoms with Crippen LogP contribution < -0.4 is 4.74 Å². The highest BCUT2D eigenvalue weighted by molar-refractivity contribution is 5.90. The molecule has 1 unspecified atom stereocenters. The van der Waals surface area contributed by atoms with Crippen LogP contribution in [0, 0.1) is 0 Å². The summed E-state index contributed by atoms with van der Waals surface area (Å²) in [5.41, 5.74) is 4.25. The normalized spacial score (nSPS) is 12.2. The van der Waals surface area contributed by atoms with Crippen molar-refractivity contribution in [1.82, 2.24) is 4.98 Å². The third-order valence-electron chi connectivity index (χ3n) is 6.73. The van der Waals surface area contributed by atoms with E-state index in [1.54, 1.807) is 12.1 Å². The van der Waals surface area contributed by atoms with E-state index in [0.717, 1.165) is 67.3 Å². The molecule has 1 aromatic heterocycles. The zero-order chi connectivity index (χ0) is 29.5. The van der Waals surface area contributed by atoms with Gasteiger partial charge in [0.05, 0.1) is 24.5 Å². The molecule has 3 rings (SSSR count). The highest BCUT2D eigenvalue weighted by Gasteiger charge is 2.36. The second-order valence-corrected chi connectivity index (χ2v) is 10.0. The quantitative estimate of drug-likeness (QED) is 0.119. The number of aromatic nitrogens is 1. The predicted molar refractivity (Wildman–Crippen MR) is 155 cm³/mol. The Morgan fingerprint density at radius 3 is 2.00 bits per heavy atom. The fourth-order valence-corrected chi connectivity index (χ4v) is 4.14. The van der Waals surface area contributed by atoms with Crippen LogP contribution in [0.25, 0.3) is 22.4 Å². The van der Waals surface area contributed by atoms with E-state index in [1.807, 2.05) is 54.7 Å². The van der Waals surface area contributed by atoms with Crippen LogP contribution in [-0.4, -0.2) is 43.1 Å². The van der Waals surface area contributed by atoms with Gasteiger partial charge in [0.15, 0.2) is 6.10 Å². The van der Waals surface area contributed by atoms with Gasteiger partial charge < -0.3 is 14.2 Å². The van der Waals surface area contributed by atoms with Crippen molar-refractivity contribution in [2.24, 2.45) is 0 Å². The number of ether oxygens (including phenoxy) is 3. The van der Waals surface area contributed by atoms with Crippen molar-refractivity contribution in [2.45, 2.75) is 77.5 Å². The molecule has 0 radical (unpaired) electrons. The first-order valence-corrected chi connectivity index (χ1v) is 14.4. The summed E-state index contributed by atoms with van der Waals surface area (Å²) >= 11 is 0. The Morgan fingerprint density at radius 2 is 1.37 bits per heavy atom. The number of carbonyl (C=O) groups is 1. The van der Waals surface area contributed by atoms with Gasteiger partial charge in [0.1, 0.15) is 5.75 Å². The number of alkyl halides is 3. The van der Waals surface area contributed by atoms with E-state index in [1.165, 1.54) is 12.8 Å². The van der Waals surface area contributed by atoms with E-state index in [0.29, 0.717) is 25.0 Å². The van der Waals surface area contributed by atoms with Gasteiger partial charge in [-0.1, -0.05) is 69.4 Å². The molecule has 0 N–H and O–H groups in total. The number of benzene rings is 2. The molecule has 0 aliphatic heterocycles. The SMILES string of the molecule is CCCCCOc1ccc(-c2ccc(-c3ccc(C(=O)OCCCCCCCOC(C)C(F)(F)F)cc3)nc2)cc1. The third kappa shape index (κ3) is 11.2. The minimum atomic E-state index is -4.32. The number of hydrogen-bond acceptors (Lipinski definition) is 5. The van der Waals surface area contributed by atoms with Gasteiger partial charge in [-0.15, -0.1) is 0 Å². The molecule has 3 aromatic rings. The van der Waals surface area contributed by atoms with Crippen molar-refractivity contribution < 1.29 is 32.2 Å². The third-order valence-corrected chi connectivity index (χ3v) is 6.73. The molecule has 0 saturated carbocycles. The maximum Gasteiger partial charge on any atom is 0.414 e. The summed E-state index contributed by atoms with van der Waals surface area (Å²) in [5, 5.41) is 0. The van der Waals surface area contributed by atoms with Crippen LogP contribution in [0.2, 0.25) is 0 Å². The lowest BCUT2D eigenvalue weighted by Gasteiger charge is -2.16. The topological polar surface area (TPSA) is 57.7 Å². The zero-order valence-corrected chi connectivity index (χ0v) is 23.9. The van der Waals surface area contributed by atoms with Crippen LogP contribution in [-0.2, 0) is 9.47 Å². The summed E-state index contributed by atoms with van der Waals surface area (Å²) in [6, 6.07) is 19.2. The van der Waals surface area contributed by atoms with Crippen LogP contribution in [0.5, 0.6) is 5.75 Å². The Bertz CT molecular complexity index is 1160. The number of unbranched alkanes of at least 4 members (excludes halogenated alkanes) is 6. The summed E-state index contributed by atoms with van der Waals surface area (Å²) in [5.74, 6) is 0.488. The number of rotatable bonds is 17. The summed E-state index contributed by atoms with van der Waals surface area (Å²) in [4.78, 5) is 17.0. The lowest BCUT2D eigenvalue weighted by atomic mass is 10.0. The molecular weight excluding hydrogens is 531 g/mol. The maximum absolute atomic E-state index is 12.4. The van der Waals surface area contributed by atoms with Crippen LogP contribution in [0.4, 0.5) is 13.2 Å². The minimum absolute atomic E-state index is 0.0915. The van der Waals surface area contributed by atoms with E-state index in [-0.39, 0.29) is 12.6 Å². The number of nitrogens with zero attached hydrogens (tertiary/aromatic N) is 1. The highest BCUT2D eigenvalue weighted by atomic mass is 19.4. The molecule has 0 aliphatic carbocycles. The molecule has 0 amide bonds. The first-order valence-electron chi connectivity index (χ1n) is 14.4.